The van der Waals surface area contributed by atoms with E-state index < -0.39 is 0 Å². The molecule has 0 bridgehead atoms. The van der Waals surface area contributed by atoms with Gasteiger partial charge in [0.15, 0.2) is 0 Å². The van der Waals surface area contributed by atoms with Crippen LogP contribution < -0.4 is 0 Å². The molecule has 0 amide bonds. The maximum atomic E-state index is 9.43. The Morgan fingerprint density at radius 2 is 2.00 bits per heavy atom. The summed E-state index contributed by atoms with van der Waals surface area (Å²) >= 11 is 0. The molecule has 94 valence electrons. The summed E-state index contributed by atoms with van der Waals surface area (Å²) in [6, 6.07) is 7.58. The molecule has 0 heterocycles. The van der Waals surface area contributed by atoms with Gasteiger partial charge in [-0.25, -0.2) is 0 Å². The number of hydrogen-bond acceptors (Lipinski definition) is 2. The molecular weight excluding hydrogens is 210 g/mol. The van der Waals surface area contributed by atoms with Crippen molar-refractivity contribution in [2.75, 3.05) is 13.6 Å². The monoisotopic (exact) mass is 233 g/mol. The van der Waals surface area contributed by atoms with Crippen molar-refractivity contribution in [2.24, 2.45) is 5.92 Å². The Morgan fingerprint density at radius 1 is 1.24 bits per heavy atom. The van der Waals surface area contributed by atoms with Crippen molar-refractivity contribution in [1.29, 1.82) is 0 Å². The molecule has 1 aliphatic rings. The Labute approximate surface area is 104 Å². The highest BCUT2D eigenvalue weighted by Gasteiger charge is 2.15. The topological polar surface area (TPSA) is 23.5 Å². The van der Waals surface area contributed by atoms with Crippen LogP contribution in [0.1, 0.15) is 37.7 Å². The Kier molecular flexibility index (Phi) is 4.43. The van der Waals surface area contributed by atoms with Gasteiger partial charge in [0.2, 0.25) is 0 Å². The lowest BCUT2D eigenvalue weighted by atomic mass is 9.89. The van der Waals surface area contributed by atoms with Crippen molar-refractivity contribution < 1.29 is 5.11 Å². The van der Waals surface area contributed by atoms with E-state index in [-0.39, 0.29) is 0 Å². The van der Waals surface area contributed by atoms with E-state index in [9.17, 15) is 5.11 Å². The number of hydrogen-bond donors (Lipinski definition) is 1. The Morgan fingerprint density at radius 3 is 2.71 bits per heavy atom. The molecule has 2 heteroatoms. The summed E-state index contributed by atoms with van der Waals surface area (Å²) in [6.07, 6.45) is 7.02. The molecular formula is C15H23NO. The van der Waals surface area contributed by atoms with Gasteiger partial charge in [-0.15, -0.1) is 0 Å². The molecule has 1 aromatic rings. The molecule has 0 spiro atoms. The molecule has 2 nitrogen and oxygen atoms in total. The maximum absolute atomic E-state index is 9.43. The second kappa shape index (κ2) is 6.06. The fourth-order valence-electron chi connectivity index (χ4n) is 2.84. The highest BCUT2D eigenvalue weighted by atomic mass is 16.3. The zero-order valence-electron chi connectivity index (χ0n) is 10.7. The molecule has 1 fully saturated rings. The Balaban J connectivity index is 1.82. The smallest absolute Gasteiger partial charge is 0.115 e. The SMILES string of the molecule is CN(Cc1cccc(O)c1)CC1CCCCC1. The molecule has 0 atom stereocenters. The summed E-state index contributed by atoms with van der Waals surface area (Å²) in [5.41, 5.74) is 1.20. The van der Waals surface area contributed by atoms with E-state index in [4.69, 9.17) is 0 Å². The molecule has 17 heavy (non-hydrogen) atoms. The lowest BCUT2D eigenvalue weighted by molar-refractivity contribution is 0.228. The van der Waals surface area contributed by atoms with E-state index >= 15 is 0 Å². The molecule has 1 aromatic carbocycles. The highest BCUT2D eigenvalue weighted by molar-refractivity contribution is 5.26. The third kappa shape index (κ3) is 4.04. The molecule has 1 N–H and O–H groups in total. The van der Waals surface area contributed by atoms with Crippen molar-refractivity contribution in [3.05, 3.63) is 29.8 Å². The van der Waals surface area contributed by atoms with Crippen LogP contribution in [0, 0.1) is 5.92 Å². The molecule has 0 saturated heterocycles. The van der Waals surface area contributed by atoms with Crippen molar-refractivity contribution in [2.45, 2.75) is 38.6 Å². The molecule has 1 aliphatic carbocycles. The summed E-state index contributed by atoms with van der Waals surface area (Å²) in [4.78, 5) is 2.38. The van der Waals surface area contributed by atoms with E-state index in [1.165, 1.54) is 44.2 Å². The van der Waals surface area contributed by atoms with E-state index in [2.05, 4.69) is 18.0 Å². The summed E-state index contributed by atoms with van der Waals surface area (Å²) in [5, 5.41) is 9.43. The van der Waals surface area contributed by atoms with E-state index in [0.29, 0.717) is 5.75 Å². The summed E-state index contributed by atoms with van der Waals surface area (Å²) in [7, 11) is 2.18. The van der Waals surface area contributed by atoms with E-state index in [1.54, 1.807) is 6.07 Å². The van der Waals surface area contributed by atoms with Gasteiger partial charge in [-0.05, 0) is 43.5 Å². The number of aromatic hydroxyl groups is 1. The van der Waals surface area contributed by atoms with Gasteiger partial charge in [0.05, 0.1) is 0 Å². The molecule has 0 aliphatic heterocycles. The standard InChI is InChI=1S/C15H23NO/c1-16(11-13-6-3-2-4-7-13)12-14-8-5-9-15(17)10-14/h5,8-10,13,17H,2-4,6-7,11-12H2,1H3. The second-order valence-corrected chi connectivity index (χ2v) is 5.37. The van der Waals surface area contributed by atoms with Gasteiger partial charge in [-0.2, -0.15) is 0 Å². The van der Waals surface area contributed by atoms with Crippen molar-refractivity contribution >= 4 is 0 Å². The predicted molar refractivity (Wildman–Crippen MR) is 71.0 cm³/mol. The minimum atomic E-state index is 0.369. The van der Waals surface area contributed by atoms with Crippen LogP contribution in [0.4, 0.5) is 0 Å². The van der Waals surface area contributed by atoms with E-state index in [0.717, 1.165) is 12.5 Å². The van der Waals surface area contributed by atoms with Crippen molar-refractivity contribution in [3.8, 4) is 5.75 Å². The fourth-order valence-corrected chi connectivity index (χ4v) is 2.84. The predicted octanol–water partition coefficient (Wildman–Crippen LogP) is 3.40. The first-order chi connectivity index (χ1) is 8.24. The van der Waals surface area contributed by atoms with Gasteiger partial charge in [0, 0.05) is 13.1 Å². The van der Waals surface area contributed by atoms with Crippen molar-refractivity contribution in [3.63, 3.8) is 0 Å². The van der Waals surface area contributed by atoms with Gasteiger partial charge >= 0.3 is 0 Å². The van der Waals surface area contributed by atoms with Crippen LogP contribution in [-0.4, -0.2) is 23.6 Å². The van der Waals surface area contributed by atoms with E-state index in [1.807, 2.05) is 12.1 Å². The zero-order valence-corrected chi connectivity index (χ0v) is 10.7. The van der Waals surface area contributed by atoms with Gasteiger partial charge in [0.1, 0.15) is 5.75 Å². The number of nitrogens with zero attached hydrogens (tertiary/aromatic N) is 1. The Bertz CT molecular complexity index is 345. The molecule has 0 radical (unpaired) electrons. The van der Waals surface area contributed by atoms with Crippen LogP contribution >= 0.6 is 0 Å². The lowest BCUT2D eigenvalue weighted by Crippen LogP contribution is -2.26. The average molecular weight is 233 g/mol. The zero-order chi connectivity index (χ0) is 12.1. The highest BCUT2D eigenvalue weighted by Crippen LogP contribution is 2.24. The summed E-state index contributed by atoms with van der Waals surface area (Å²) in [5.74, 6) is 1.25. The van der Waals surface area contributed by atoms with Gasteiger partial charge in [-0.3, -0.25) is 0 Å². The summed E-state index contributed by atoms with van der Waals surface area (Å²) in [6.45, 7) is 2.13. The Hall–Kier alpha value is -1.02. The van der Waals surface area contributed by atoms with Crippen LogP contribution in [0.3, 0.4) is 0 Å². The van der Waals surface area contributed by atoms with Crippen LogP contribution in [0.2, 0.25) is 0 Å². The average Bonchev–Trinajstić information content (AvgIpc) is 2.30. The molecule has 1 saturated carbocycles. The molecule has 2 rings (SSSR count). The minimum Gasteiger partial charge on any atom is -0.508 e. The maximum Gasteiger partial charge on any atom is 0.115 e. The molecule has 0 aromatic heterocycles. The second-order valence-electron chi connectivity index (χ2n) is 5.37. The first kappa shape index (κ1) is 12.4. The summed E-state index contributed by atoms with van der Waals surface area (Å²) < 4.78 is 0. The molecule has 0 unspecified atom stereocenters. The van der Waals surface area contributed by atoms with Gasteiger partial charge in [0.25, 0.3) is 0 Å². The quantitative estimate of drug-likeness (QED) is 0.861. The normalized spacial score (nSPS) is 17.5. The van der Waals surface area contributed by atoms with Crippen LogP contribution in [0.5, 0.6) is 5.75 Å². The number of benzene rings is 1. The van der Waals surface area contributed by atoms with Crippen LogP contribution in [-0.2, 0) is 6.54 Å². The van der Waals surface area contributed by atoms with Crippen LogP contribution in [0.25, 0.3) is 0 Å². The number of rotatable bonds is 4. The first-order valence-corrected chi connectivity index (χ1v) is 6.70. The fraction of sp³-hybridized carbons (Fsp3) is 0.600. The minimum absolute atomic E-state index is 0.369. The third-order valence-electron chi connectivity index (χ3n) is 3.66. The lowest BCUT2D eigenvalue weighted by Gasteiger charge is -2.27. The third-order valence-corrected chi connectivity index (χ3v) is 3.66. The van der Waals surface area contributed by atoms with Gasteiger partial charge < -0.3 is 10.0 Å². The number of phenolic OH excluding ortho intramolecular Hbond substituents is 1. The first-order valence-electron chi connectivity index (χ1n) is 6.70. The van der Waals surface area contributed by atoms with Crippen molar-refractivity contribution in [1.82, 2.24) is 4.90 Å². The largest absolute Gasteiger partial charge is 0.508 e. The number of phenols is 1. The van der Waals surface area contributed by atoms with Crippen LogP contribution in [0.15, 0.2) is 24.3 Å². The van der Waals surface area contributed by atoms with Gasteiger partial charge in [-0.1, -0.05) is 31.4 Å².